The summed E-state index contributed by atoms with van der Waals surface area (Å²) in [6.07, 6.45) is 5.31. The van der Waals surface area contributed by atoms with Gasteiger partial charge in [0.05, 0.1) is 5.71 Å². The Bertz CT molecular complexity index is 307. The quantitative estimate of drug-likeness (QED) is 0.444. The summed E-state index contributed by atoms with van der Waals surface area (Å²) in [4.78, 5) is 3.96. The van der Waals surface area contributed by atoms with Crippen molar-refractivity contribution in [3.8, 4) is 0 Å². The van der Waals surface area contributed by atoms with Gasteiger partial charge in [-0.1, -0.05) is 5.16 Å². The standard InChI is InChI=1S/C8H8N2O/c11-10-8-2-1-6-3-4-9-5-7(6)8/h3-5,11H,1-2H2. The van der Waals surface area contributed by atoms with Crippen LogP contribution < -0.4 is 0 Å². The first-order valence-corrected chi connectivity index (χ1v) is 3.56. The molecule has 56 valence electrons. The second-order valence-electron chi connectivity index (χ2n) is 2.58. The maximum Gasteiger partial charge on any atom is 0.0889 e. The Hall–Kier alpha value is -1.38. The minimum atomic E-state index is 0.758. The van der Waals surface area contributed by atoms with Gasteiger partial charge in [-0.15, -0.1) is 0 Å². The molecule has 0 unspecified atom stereocenters. The third kappa shape index (κ3) is 0.888. The molecule has 11 heavy (non-hydrogen) atoms. The molecule has 1 heterocycles. The van der Waals surface area contributed by atoms with Crippen LogP contribution in [0.4, 0.5) is 0 Å². The highest BCUT2D eigenvalue weighted by Gasteiger charge is 2.17. The Kier molecular flexibility index (Phi) is 1.35. The van der Waals surface area contributed by atoms with E-state index in [1.54, 1.807) is 12.4 Å². The Morgan fingerprint density at radius 1 is 1.45 bits per heavy atom. The average molecular weight is 148 g/mol. The molecule has 1 aliphatic carbocycles. The van der Waals surface area contributed by atoms with Crippen LogP contribution in [0.3, 0.4) is 0 Å². The van der Waals surface area contributed by atoms with Crippen LogP contribution in [0.5, 0.6) is 0 Å². The lowest BCUT2D eigenvalue weighted by atomic mass is 10.2. The lowest BCUT2D eigenvalue weighted by Crippen LogP contribution is -1.93. The smallest absolute Gasteiger partial charge is 0.0889 e. The normalized spacial score (nSPS) is 18.7. The number of fused-ring (bicyclic) bond motifs is 1. The van der Waals surface area contributed by atoms with Gasteiger partial charge in [0.15, 0.2) is 0 Å². The van der Waals surface area contributed by atoms with Crippen LogP contribution >= 0.6 is 0 Å². The summed E-state index contributed by atoms with van der Waals surface area (Å²) in [7, 11) is 0. The maximum atomic E-state index is 8.57. The summed E-state index contributed by atoms with van der Waals surface area (Å²) in [5.41, 5.74) is 2.98. The highest BCUT2D eigenvalue weighted by atomic mass is 16.4. The highest BCUT2D eigenvalue weighted by Crippen LogP contribution is 2.20. The predicted octanol–water partition coefficient (Wildman–Crippen LogP) is 1.21. The second-order valence-corrected chi connectivity index (χ2v) is 2.58. The zero-order valence-corrected chi connectivity index (χ0v) is 5.99. The first kappa shape index (κ1) is 6.34. The minimum Gasteiger partial charge on any atom is -0.411 e. The van der Waals surface area contributed by atoms with Crippen molar-refractivity contribution in [3.63, 3.8) is 0 Å². The van der Waals surface area contributed by atoms with Crippen LogP contribution in [0.1, 0.15) is 17.5 Å². The average Bonchev–Trinajstić information content (AvgIpc) is 2.47. The fourth-order valence-corrected chi connectivity index (χ4v) is 1.39. The topological polar surface area (TPSA) is 45.5 Å². The fourth-order valence-electron chi connectivity index (χ4n) is 1.39. The van der Waals surface area contributed by atoms with Crippen LogP contribution in [-0.2, 0) is 6.42 Å². The van der Waals surface area contributed by atoms with Crippen molar-refractivity contribution < 1.29 is 5.21 Å². The molecular formula is C8H8N2O. The monoisotopic (exact) mass is 148 g/mol. The van der Waals surface area contributed by atoms with Gasteiger partial charge in [0.2, 0.25) is 0 Å². The van der Waals surface area contributed by atoms with Gasteiger partial charge in [0, 0.05) is 18.0 Å². The van der Waals surface area contributed by atoms with Crippen LogP contribution in [0, 0.1) is 0 Å². The molecule has 1 aromatic heterocycles. The molecule has 3 heteroatoms. The molecule has 1 aliphatic rings. The minimum absolute atomic E-state index is 0.758. The van der Waals surface area contributed by atoms with Crippen molar-refractivity contribution in [3.05, 3.63) is 29.6 Å². The molecule has 0 aliphatic heterocycles. The summed E-state index contributed by atoms with van der Waals surface area (Å²) in [5, 5.41) is 11.8. The molecule has 0 bridgehead atoms. The Balaban J connectivity index is 2.55. The van der Waals surface area contributed by atoms with Crippen LogP contribution in [-0.4, -0.2) is 15.9 Å². The van der Waals surface area contributed by atoms with Gasteiger partial charge in [0.25, 0.3) is 0 Å². The first-order valence-electron chi connectivity index (χ1n) is 3.56. The van der Waals surface area contributed by atoms with Crippen molar-refractivity contribution in [2.24, 2.45) is 5.16 Å². The number of rotatable bonds is 0. The third-order valence-corrected chi connectivity index (χ3v) is 1.97. The molecule has 0 aromatic carbocycles. The van der Waals surface area contributed by atoms with Crippen molar-refractivity contribution >= 4 is 5.71 Å². The molecule has 0 saturated heterocycles. The largest absolute Gasteiger partial charge is 0.411 e. The molecule has 3 nitrogen and oxygen atoms in total. The molecule has 0 fully saturated rings. The predicted molar refractivity (Wildman–Crippen MR) is 40.9 cm³/mol. The van der Waals surface area contributed by atoms with Crippen molar-refractivity contribution in [2.45, 2.75) is 12.8 Å². The van der Waals surface area contributed by atoms with E-state index < -0.39 is 0 Å². The van der Waals surface area contributed by atoms with Gasteiger partial charge in [-0.2, -0.15) is 0 Å². The zero-order valence-electron chi connectivity index (χ0n) is 5.99. The molecule has 1 aromatic rings. The Morgan fingerprint density at radius 2 is 2.36 bits per heavy atom. The van der Waals surface area contributed by atoms with E-state index in [0.717, 1.165) is 24.1 Å². The van der Waals surface area contributed by atoms with E-state index in [1.807, 2.05) is 6.07 Å². The van der Waals surface area contributed by atoms with E-state index in [2.05, 4.69) is 10.1 Å². The number of aryl methyl sites for hydroxylation is 1. The number of hydrogen-bond acceptors (Lipinski definition) is 3. The van der Waals surface area contributed by atoms with Gasteiger partial charge in [0.1, 0.15) is 0 Å². The number of oxime groups is 1. The van der Waals surface area contributed by atoms with Crippen molar-refractivity contribution in [1.29, 1.82) is 0 Å². The number of aromatic nitrogens is 1. The van der Waals surface area contributed by atoms with Crippen molar-refractivity contribution in [2.75, 3.05) is 0 Å². The SMILES string of the molecule is ON=C1CCc2ccncc21. The van der Waals surface area contributed by atoms with Crippen molar-refractivity contribution in [1.82, 2.24) is 4.98 Å². The summed E-state index contributed by atoms with van der Waals surface area (Å²) in [6.45, 7) is 0. The number of hydrogen-bond donors (Lipinski definition) is 1. The van der Waals surface area contributed by atoms with Gasteiger partial charge >= 0.3 is 0 Å². The summed E-state index contributed by atoms with van der Waals surface area (Å²) in [5.74, 6) is 0. The van der Waals surface area contributed by atoms with Crippen LogP contribution in [0.25, 0.3) is 0 Å². The van der Waals surface area contributed by atoms with Crippen LogP contribution in [0.2, 0.25) is 0 Å². The summed E-state index contributed by atoms with van der Waals surface area (Å²) >= 11 is 0. The highest BCUT2D eigenvalue weighted by molar-refractivity contribution is 6.03. The number of pyridine rings is 1. The van der Waals surface area contributed by atoms with Gasteiger partial charge in [-0.25, -0.2) is 0 Å². The van der Waals surface area contributed by atoms with Gasteiger partial charge in [-0.3, -0.25) is 4.98 Å². The third-order valence-electron chi connectivity index (χ3n) is 1.97. The summed E-state index contributed by atoms with van der Waals surface area (Å²) < 4.78 is 0. The molecule has 2 rings (SSSR count). The Labute approximate surface area is 64.4 Å². The van der Waals surface area contributed by atoms with E-state index in [9.17, 15) is 0 Å². The molecule has 0 spiro atoms. The number of nitrogens with zero attached hydrogens (tertiary/aromatic N) is 2. The second kappa shape index (κ2) is 2.34. The van der Waals surface area contributed by atoms with E-state index in [1.165, 1.54) is 5.56 Å². The summed E-state index contributed by atoms with van der Waals surface area (Å²) in [6, 6.07) is 1.97. The van der Waals surface area contributed by atoms with E-state index in [4.69, 9.17) is 5.21 Å². The molecule has 0 saturated carbocycles. The zero-order chi connectivity index (χ0) is 7.68. The molecule has 0 radical (unpaired) electrons. The fraction of sp³-hybridized carbons (Fsp3) is 0.250. The lowest BCUT2D eigenvalue weighted by molar-refractivity contribution is 0.318. The van der Waals surface area contributed by atoms with E-state index >= 15 is 0 Å². The molecular weight excluding hydrogens is 140 g/mol. The van der Waals surface area contributed by atoms with Gasteiger partial charge < -0.3 is 5.21 Å². The van der Waals surface area contributed by atoms with Gasteiger partial charge in [-0.05, 0) is 24.5 Å². The Morgan fingerprint density at radius 3 is 3.18 bits per heavy atom. The molecule has 0 atom stereocenters. The van der Waals surface area contributed by atoms with Crippen LogP contribution in [0.15, 0.2) is 23.6 Å². The first-order chi connectivity index (χ1) is 5.42. The lowest BCUT2D eigenvalue weighted by Gasteiger charge is -1.94. The maximum absolute atomic E-state index is 8.57. The van der Waals surface area contributed by atoms with E-state index in [-0.39, 0.29) is 0 Å². The molecule has 1 N–H and O–H groups in total. The van der Waals surface area contributed by atoms with E-state index in [0.29, 0.717) is 0 Å². The molecule has 0 amide bonds.